The van der Waals surface area contributed by atoms with Crippen molar-refractivity contribution < 1.29 is 19.2 Å². The maximum atomic E-state index is 12.4. The zero-order valence-corrected chi connectivity index (χ0v) is 16.3. The van der Waals surface area contributed by atoms with E-state index in [2.05, 4.69) is 15.6 Å². The van der Waals surface area contributed by atoms with Gasteiger partial charge in [-0.05, 0) is 24.3 Å². The van der Waals surface area contributed by atoms with Gasteiger partial charge in [-0.15, -0.1) is 11.3 Å². The van der Waals surface area contributed by atoms with Crippen LogP contribution >= 0.6 is 11.3 Å². The summed E-state index contributed by atoms with van der Waals surface area (Å²) in [4.78, 5) is 38.4. The molecule has 0 aliphatic heterocycles. The highest BCUT2D eigenvalue weighted by molar-refractivity contribution is 7.14. The second-order valence-electron chi connectivity index (χ2n) is 5.89. The van der Waals surface area contributed by atoms with Crippen LogP contribution in [0.25, 0.3) is 11.3 Å². The standard InChI is InChI=1S/C19H16N4O5S/c1-11(24)20-14-6-3-12(4-7-14)15-10-29-19(21-15)22-18(25)13-5-8-17(28-2)16(9-13)23(26)27/h3-10H,1-2H3,(H,20,24)(H,21,22,25). The van der Waals surface area contributed by atoms with E-state index in [1.165, 1.54) is 37.5 Å². The third-order valence-corrected chi connectivity index (χ3v) is 4.62. The van der Waals surface area contributed by atoms with Crippen LogP contribution in [0.1, 0.15) is 17.3 Å². The Labute approximate surface area is 169 Å². The van der Waals surface area contributed by atoms with Crippen molar-refractivity contribution in [3.63, 3.8) is 0 Å². The van der Waals surface area contributed by atoms with Crippen LogP contribution in [-0.4, -0.2) is 28.8 Å². The highest BCUT2D eigenvalue weighted by atomic mass is 32.1. The van der Waals surface area contributed by atoms with Crippen molar-refractivity contribution in [3.8, 4) is 17.0 Å². The van der Waals surface area contributed by atoms with E-state index in [0.717, 1.165) is 11.6 Å². The molecule has 9 nitrogen and oxygen atoms in total. The second kappa shape index (κ2) is 8.48. The first-order valence-corrected chi connectivity index (χ1v) is 9.22. The van der Waals surface area contributed by atoms with Crippen molar-refractivity contribution in [1.29, 1.82) is 0 Å². The normalized spacial score (nSPS) is 10.3. The number of carbonyl (C=O) groups excluding carboxylic acids is 2. The lowest BCUT2D eigenvalue weighted by molar-refractivity contribution is -0.385. The van der Waals surface area contributed by atoms with Gasteiger partial charge in [-0.25, -0.2) is 4.98 Å². The first kappa shape index (κ1) is 20.0. The Morgan fingerprint density at radius 1 is 1.14 bits per heavy atom. The van der Waals surface area contributed by atoms with Gasteiger partial charge < -0.3 is 10.1 Å². The number of methoxy groups -OCH3 is 1. The molecule has 0 aliphatic rings. The number of ether oxygens (including phenoxy) is 1. The Hall–Kier alpha value is -3.79. The van der Waals surface area contributed by atoms with Gasteiger partial charge in [-0.3, -0.25) is 25.0 Å². The Morgan fingerprint density at radius 3 is 2.48 bits per heavy atom. The van der Waals surface area contributed by atoms with Crippen LogP contribution in [0.2, 0.25) is 0 Å². The van der Waals surface area contributed by atoms with Crippen molar-refractivity contribution in [2.45, 2.75) is 6.92 Å². The number of nitro benzene ring substituents is 1. The number of nitrogens with one attached hydrogen (secondary N) is 2. The van der Waals surface area contributed by atoms with Crippen LogP contribution in [0.5, 0.6) is 5.75 Å². The van der Waals surface area contributed by atoms with Gasteiger partial charge in [0.25, 0.3) is 5.91 Å². The third kappa shape index (κ3) is 4.74. The van der Waals surface area contributed by atoms with Gasteiger partial charge in [0.05, 0.1) is 17.7 Å². The molecule has 10 heteroatoms. The van der Waals surface area contributed by atoms with E-state index >= 15 is 0 Å². The lowest BCUT2D eigenvalue weighted by atomic mass is 10.1. The topological polar surface area (TPSA) is 123 Å². The number of rotatable bonds is 6. The Balaban J connectivity index is 1.74. The number of thiazole rings is 1. The first-order chi connectivity index (χ1) is 13.9. The highest BCUT2D eigenvalue weighted by Crippen LogP contribution is 2.29. The second-order valence-corrected chi connectivity index (χ2v) is 6.75. The molecule has 2 N–H and O–H groups in total. The fourth-order valence-corrected chi connectivity index (χ4v) is 3.25. The number of hydrogen-bond donors (Lipinski definition) is 2. The van der Waals surface area contributed by atoms with E-state index in [4.69, 9.17) is 4.74 Å². The quantitative estimate of drug-likeness (QED) is 0.467. The van der Waals surface area contributed by atoms with Crippen LogP contribution in [0.3, 0.4) is 0 Å². The Kier molecular flexibility index (Phi) is 5.84. The molecule has 0 unspecified atom stereocenters. The lowest BCUT2D eigenvalue weighted by Crippen LogP contribution is -2.12. The summed E-state index contributed by atoms with van der Waals surface area (Å²) < 4.78 is 4.93. The minimum Gasteiger partial charge on any atom is -0.490 e. The molecule has 29 heavy (non-hydrogen) atoms. The molecule has 0 radical (unpaired) electrons. The van der Waals surface area contributed by atoms with Crippen LogP contribution in [0, 0.1) is 10.1 Å². The van der Waals surface area contributed by atoms with Gasteiger partial charge in [0.2, 0.25) is 5.91 Å². The monoisotopic (exact) mass is 412 g/mol. The van der Waals surface area contributed by atoms with Gasteiger partial charge in [0, 0.05) is 35.2 Å². The number of benzene rings is 2. The van der Waals surface area contributed by atoms with Crippen molar-refractivity contribution in [3.05, 3.63) is 63.5 Å². The van der Waals surface area contributed by atoms with E-state index in [9.17, 15) is 19.7 Å². The maximum Gasteiger partial charge on any atom is 0.311 e. The van der Waals surface area contributed by atoms with Gasteiger partial charge in [0.1, 0.15) is 0 Å². The smallest absolute Gasteiger partial charge is 0.311 e. The number of amides is 2. The third-order valence-electron chi connectivity index (χ3n) is 3.86. The Morgan fingerprint density at radius 2 is 1.86 bits per heavy atom. The zero-order chi connectivity index (χ0) is 21.0. The zero-order valence-electron chi connectivity index (χ0n) is 15.5. The molecule has 1 heterocycles. The van der Waals surface area contributed by atoms with Crippen LogP contribution in [0.15, 0.2) is 47.8 Å². The fraction of sp³-hybridized carbons (Fsp3) is 0.105. The van der Waals surface area contributed by atoms with E-state index < -0.39 is 10.8 Å². The first-order valence-electron chi connectivity index (χ1n) is 8.34. The minimum atomic E-state index is -0.609. The molecule has 0 saturated heterocycles. The van der Waals surface area contributed by atoms with E-state index in [1.54, 1.807) is 29.6 Å². The molecule has 2 aromatic carbocycles. The van der Waals surface area contributed by atoms with Gasteiger partial charge in [0.15, 0.2) is 10.9 Å². The molecule has 3 aromatic rings. The minimum absolute atomic E-state index is 0.0748. The maximum absolute atomic E-state index is 12.4. The lowest BCUT2D eigenvalue weighted by Gasteiger charge is -2.05. The molecular formula is C19H16N4O5S. The fourth-order valence-electron chi connectivity index (χ4n) is 2.53. The molecule has 0 fully saturated rings. The summed E-state index contributed by atoms with van der Waals surface area (Å²) in [6.07, 6.45) is 0. The van der Waals surface area contributed by atoms with Gasteiger partial charge >= 0.3 is 5.69 Å². The van der Waals surface area contributed by atoms with Crippen molar-refractivity contribution in [1.82, 2.24) is 4.98 Å². The summed E-state index contributed by atoms with van der Waals surface area (Å²) in [5.41, 5.74) is 1.97. The van der Waals surface area contributed by atoms with E-state index in [-0.39, 0.29) is 22.9 Å². The number of nitrogens with zero attached hydrogens (tertiary/aromatic N) is 2. The SMILES string of the molecule is COc1ccc(C(=O)Nc2nc(-c3ccc(NC(C)=O)cc3)cs2)cc1[N+](=O)[O-]. The molecular weight excluding hydrogens is 396 g/mol. The predicted octanol–water partition coefficient (Wildman–Crippen LogP) is 3.94. The molecule has 0 saturated carbocycles. The number of carbonyl (C=O) groups is 2. The average molecular weight is 412 g/mol. The summed E-state index contributed by atoms with van der Waals surface area (Å²) in [5, 5.41) is 18.6. The molecule has 1 aromatic heterocycles. The molecule has 0 aliphatic carbocycles. The van der Waals surface area contributed by atoms with Crippen molar-refractivity contribution in [2.75, 3.05) is 17.7 Å². The summed E-state index contributed by atoms with van der Waals surface area (Å²) in [6.45, 7) is 1.43. The number of nitro groups is 1. The average Bonchev–Trinajstić information content (AvgIpc) is 3.16. The number of anilines is 2. The number of aromatic nitrogens is 1. The summed E-state index contributed by atoms with van der Waals surface area (Å²) in [5.74, 6) is -0.598. The Bertz CT molecular complexity index is 1080. The molecule has 148 valence electrons. The molecule has 2 amide bonds. The predicted molar refractivity (Wildman–Crippen MR) is 109 cm³/mol. The van der Waals surface area contributed by atoms with Crippen LogP contribution in [0.4, 0.5) is 16.5 Å². The summed E-state index contributed by atoms with van der Waals surface area (Å²) in [6, 6.07) is 11.1. The molecule has 0 atom stereocenters. The largest absolute Gasteiger partial charge is 0.490 e. The van der Waals surface area contributed by atoms with Crippen molar-refractivity contribution >= 4 is 39.7 Å². The van der Waals surface area contributed by atoms with Gasteiger partial charge in [-0.2, -0.15) is 0 Å². The summed E-state index contributed by atoms with van der Waals surface area (Å²) >= 11 is 1.23. The van der Waals surface area contributed by atoms with E-state index in [0.29, 0.717) is 16.5 Å². The van der Waals surface area contributed by atoms with Crippen LogP contribution < -0.4 is 15.4 Å². The van der Waals surface area contributed by atoms with Crippen molar-refractivity contribution in [2.24, 2.45) is 0 Å². The molecule has 0 spiro atoms. The molecule has 3 rings (SSSR count). The van der Waals surface area contributed by atoms with Crippen LogP contribution in [-0.2, 0) is 4.79 Å². The number of hydrogen-bond acceptors (Lipinski definition) is 7. The van der Waals surface area contributed by atoms with Gasteiger partial charge in [-0.1, -0.05) is 12.1 Å². The highest BCUT2D eigenvalue weighted by Gasteiger charge is 2.19. The van der Waals surface area contributed by atoms with E-state index in [1.807, 2.05) is 0 Å². The summed E-state index contributed by atoms with van der Waals surface area (Å²) in [7, 11) is 1.32. The molecule has 0 bridgehead atoms.